The van der Waals surface area contributed by atoms with Crippen LogP contribution in [0.2, 0.25) is 5.02 Å². The van der Waals surface area contributed by atoms with E-state index in [9.17, 15) is 9.59 Å². The summed E-state index contributed by atoms with van der Waals surface area (Å²) >= 11 is 9.20. The van der Waals surface area contributed by atoms with Crippen LogP contribution in [-0.2, 0) is 0 Å². The van der Waals surface area contributed by atoms with Crippen LogP contribution in [0.4, 0.5) is 5.69 Å². The highest BCUT2D eigenvalue weighted by Crippen LogP contribution is 2.20. The van der Waals surface area contributed by atoms with Crippen molar-refractivity contribution < 1.29 is 14.3 Å². The monoisotopic (exact) mass is 472 g/mol. The quantitative estimate of drug-likeness (QED) is 0.466. The summed E-state index contributed by atoms with van der Waals surface area (Å²) in [6, 6.07) is 20.9. The Morgan fingerprint density at radius 3 is 2.24 bits per heavy atom. The molecule has 0 atom stereocenters. The van der Waals surface area contributed by atoms with Crippen molar-refractivity contribution >= 4 is 45.0 Å². The molecule has 0 heterocycles. The number of hydrogen-bond acceptors (Lipinski definition) is 3. The highest BCUT2D eigenvalue weighted by Gasteiger charge is 2.15. The Labute approximate surface area is 182 Å². The van der Waals surface area contributed by atoms with Crippen molar-refractivity contribution in [1.29, 1.82) is 0 Å². The maximum Gasteiger partial charge on any atom is 0.256 e. The molecule has 29 heavy (non-hydrogen) atoms. The lowest BCUT2D eigenvalue weighted by atomic mass is 10.1. The Bertz CT molecular complexity index is 1010. The Morgan fingerprint density at radius 2 is 1.52 bits per heavy atom. The zero-order valence-electron chi connectivity index (χ0n) is 15.3. The lowest BCUT2D eigenvalue weighted by Crippen LogP contribution is -2.29. The van der Waals surface area contributed by atoms with Crippen molar-refractivity contribution in [2.45, 2.75) is 0 Å². The van der Waals surface area contributed by atoms with Gasteiger partial charge in [0.1, 0.15) is 12.4 Å². The van der Waals surface area contributed by atoms with E-state index in [0.717, 1.165) is 0 Å². The van der Waals surface area contributed by atoms with Crippen LogP contribution in [0, 0.1) is 0 Å². The molecule has 0 saturated heterocycles. The van der Waals surface area contributed by atoms with Gasteiger partial charge in [0.25, 0.3) is 11.8 Å². The topological polar surface area (TPSA) is 67.4 Å². The molecule has 0 aliphatic heterocycles. The standard InChI is InChI=1S/C22H18BrClN2O3/c23-19-7-3-1-5-17(19)22(28)26-20-8-4-2-6-18(20)21(27)25-13-14-29-16-11-9-15(24)10-12-16/h1-12H,13-14H2,(H,25,27)(H,26,28). The second kappa shape index (κ2) is 10.1. The maximum atomic E-state index is 12.6. The second-order valence-corrected chi connectivity index (χ2v) is 7.33. The van der Waals surface area contributed by atoms with Crippen LogP contribution in [0.1, 0.15) is 20.7 Å². The molecule has 0 bridgehead atoms. The Hall–Kier alpha value is -2.83. The van der Waals surface area contributed by atoms with Gasteiger partial charge >= 0.3 is 0 Å². The first-order chi connectivity index (χ1) is 14.0. The first kappa shape index (κ1) is 20.9. The Balaban J connectivity index is 1.59. The van der Waals surface area contributed by atoms with Crippen molar-refractivity contribution in [2.75, 3.05) is 18.5 Å². The van der Waals surface area contributed by atoms with Crippen LogP contribution < -0.4 is 15.4 Å². The van der Waals surface area contributed by atoms with E-state index < -0.39 is 0 Å². The van der Waals surface area contributed by atoms with Crippen LogP contribution >= 0.6 is 27.5 Å². The molecule has 0 aliphatic rings. The van der Waals surface area contributed by atoms with Crippen LogP contribution in [0.25, 0.3) is 0 Å². The fourth-order valence-corrected chi connectivity index (χ4v) is 3.18. The molecule has 148 valence electrons. The SMILES string of the molecule is O=C(Nc1ccccc1C(=O)NCCOc1ccc(Cl)cc1)c1ccccc1Br. The molecular formula is C22H18BrClN2O3. The van der Waals surface area contributed by atoms with Crippen molar-refractivity contribution in [2.24, 2.45) is 0 Å². The maximum absolute atomic E-state index is 12.6. The molecule has 0 aromatic heterocycles. The van der Waals surface area contributed by atoms with Crippen LogP contribution in [0.5, 0.6) is 5.75 Å². The molecule has 7 heteroatoms. The zero-order valence-corrected chi connectivity index (χ0v) is 17.7. The number of hydrogen-bond donors (Lipinski definition) is 2. The average Bonchev–Trinajstić information content (AvgIpc) is 2.73. The lowest BCUT2D eigenvalue weighted by molar-refractivity contribution is 0.0948. The summed E-state index contributed by atoms with van der Waals surface area (Å²) in [5, 5.41) is 6.22. The van der Waals surface area contributed by atoms with E-state index in [0.29, 0.717) is 45.2 Å². The number of anilines is 1. The number of rotatable bonds is 7. The van der Waals surface area contributed by atoms with Gasteiger partial charge in [0.05, 0.1) is 23.4 Å². The van der Waals surface area contributed by atoms with Crippen LogP contribution in [-0.4, -0.2) is 25.0 Å². The molecule has 0 unspecified atom stereocenters. The fourth-order valence-electron chi connectivity index (χ4n) is 2.58. The average molecular weight is 474 g/mol. The van der Waals surface area contributed by atoms with Crippen molar-refractivity contribution in [3.8, 4) is 5.75 Å². The summed E-state index contributed by atoms with van der Waals surface area (Å²) in [6.45, 7) is 0.618. The molecule has 3 aromatic carbocycles. The fraction of sp³-hybridized carbons (Fsp3) is 0.0909. The second-order valence-electron chi connectivity index (χ2n) is 6.04. The summed E-state index contributed by atoms with van der Waals surface area (Å²) in [6.07, 6.45) is 0. The van der Waals surface area contributed by atoms with E-state index in [2.05, 4.69) is 26.6 Å². The van der Waals surface area contributed by atoms with Gasteiger partial charge < -0.3 is 15.4 Å². The first-order valence-corrected chi connectivity index (χ1v) is 10.0. The smallest absolute Gasteiger partial charge is 0.256 e. The van der Waals surface area contributed by atoms with Gasteiger partial charge in [-0.1, -0.05) is 35.9 Å². The number of para-hydroxylation sites is 1. The number of carbonyl (C=O) groups excluding carboxylic acids is 2. The van der Waals surface area contributed by atoms with Crippen LogP contribution in [0.15, 0.2) is 77.3 Å². The summed E-state index contributed by atoms with van der Waals surface area (Å²) < 4.78 is 6.24. The van der Waals surface area contributed by atoms with Gasteiger partial charge in [0.2, 0.25) is 0 Å². The molecular weight excluding hydrogens is 456 g/mol. The van der Waals surface area contributed by atoms with Gasteiger partial charge in [0, 0.05) is 9.50 Å². The highest BCUT2D eigenvalue weighted by atomic mass is 79.9. The number of benzene rings is 3. The largest absolute Gasteiger partial charge is 0.492 e. The molecule has 0 saturated carbocycles. The van der Waals surface area contributed by atoms with E-state index in [1.165, 1.54) is 0 Å². The van der Waals surface area contributed by atoms with Gasteiger partial charge in [-0.2, -0.15) is 0 Å². The molecule has 2 N–H and O–H groups in total. The summed E-state index contributed by atoms with van der Waals surface area (Å²) in [7, 11) is 0. The summed E-state index contributed by atoms with van der Waals surface area (Å²) in [5.74, 6) is 0.0706. The third kappa shape index (κ3) is 5.82. The van der Waals surface area contributed by atoms with Crippen molar-refractivity contribution in [3.05, 3.63) is 93.4 Å². The van der Waals surface area contributed by atoms with E-state index in [4.69, 9.17) is 16.3 Å². The Morgan fingerprint density at radius 1 is 0.862 bits per heavy atom. The predicted molar refractivity (Wildman–Crippen MR) is 118 cm³/mol. The Kier molecular flexibility index (Phi) is 7.27. The molecule has 3 aromatic rings. The third-order valence-electron chi connectivity index (χ3n) is 4.01. The van der Waals surface area contributed by atoms with Crippen LogP contribution in [0.3, 0.4) is 0 Å². The first-order valence-electron chi connectivity index (χ1n) is 8.86. The molecule has 2 amide bonds. The van der Waals surface area contributed by atoms with Gasteiger partial charge in [-0.15, -0.1) is 0 Å². The van der Waals surface area contributed by atoms with E-state index >= 15 is 0 Å². The van der Waals surface area contributed by atoms with E-state index in [1.807, 2.05) is 6.07 Å². The molecule has 5 nitrogen and oxygen atoms in total. The molecule has 3 rings (SSSR count). The highest BCUT2D eigenvalue weighted by molar-refractivity contribution is 9.10. The van der Waals surface area contributed by atoms with E-state index in [-0.39, 0.29) is 11.8 Å². The third-order valence-corrected chi connectivity index (χ3v) is 4.95. The minimum absolute atomic E-state index is 0.298. The van der Waals surface area contributed by atoms with Gasteiger partial charge in [-0.25, -0.2) is 0 Å². The number of carbonyl (C=O) groups is 2. The number of amides is 2. The van der Waals surface area contributed by atoms with Gasteiger partial charge in [-0.3, -0.25) is 9.59 Å². The summed E-state index contributed by atoms with van der Waals surface area (Å²) in [4.78, 5) is 25.1. The summed E-state index contributed by atoms with van der Waals surface area (Å²) in [5.41, 5.74) is 1.29. The van der Waals surface area contributed by atoms with Crippen molar-refractivity contribution in [1.82, 2.24) is 5.32 Å². The number of halogens is 2. The van der Waals surface area contributed by atoms with Gasteiger partial charge in [0.15, 0.2) is 0 Å². The molecule has 0 radical (unpaired) electrons. The normalized spacial score (nSPS) is 10.3. The van der Waals surface area contributed by atoms with Gasteiger partial charge in [-0.05, 0) is 64.5 Å². The number of nitrogens with one attached hydrogen (secondary N) is 2. The zero-order chi connectivity index (χ0) is 20.6. The predicted octanol–water partition coefficient (Wildman–Crippen LogP) is 5.16. The van der Waals surface area contributed by atoms with E-state index in [1.54, 1.807) is 66.7 Å². The minimum atomic E-state index is -0.302. The lowest BCUT2D eigenvalue weighted by Gasteiger charge is -2.12. The molecule has 0 fully saturated rings. The number of ether oxygens (including phenoxy) is 1. The molecule has 0 aliphatic carbocycles. The minimum Gasteiger partial charge on any atom is -0.492 e. The molecule has 0 spiro atoms. The van der Waals surface area contributed by atoms with Crippen molar-refractivity contribution in [3.63, 3.8) is 0 Å².